The number of rotatable bonds is 6. The number of amides is 1. The maximum atomic E-state index is 11.6. The molecular weight excluding hydrogens is 290 g/mol. The van der Waals surface area contributed by atoms with Gasteiger partial charge in [-0.1, -0.05) is 0 Å². The Morgan fingerprint density at radius 2 is 2.41 bits per heavy atom. The molecule has 0 aliphatic carbocycles. The number of carbonyl (C=O) groups is 1. The molecule has 3 aromatic heterocycles. The highest BCUT2D eigenvalue weighted by molar-refractivity contribution is 5.70. The van der Waals surface area contributed by atoms with Crippen LogP contribution in [0.25, 0.3) is 11.3 Å². The summed E-state index contributed by atoms with van der Waals surface area (Å²) in [7, 11) is 0. The third-order valence-corrected chi connectivity index (χ3v) is 2.79. The summed E-state index contributed by atoms with van der Waals surface area (Å²) in [6.07, 6.45) is 6.21. The number of ether oxygens (including phenoxy) is 1. The van der Waals surface area contributed by atoms with Crippen LogP contribution in [0.2, 0.25) is 0 Å². The highest BCUT2D eigenvalue weighted by atomic mass is 16.6. The summed E-state index contributed by atoms with van der Waals surface area (Å²) in [4.78, 5) is 15.4. The normalized spacial score (nSPS) is 10.5. The van der Waals surface area contributed by atoms with E-state index in [4.69, 9.17) is 13.7 Å². The van der Waals surface area contributed by atoms with E-state index >= 15 is 0 Å². The van der Waals surface area contributed by atoms with Crippen LogP contribution in [-0.2, 0) is 6.54 Å². The van der Waals surface area contributed by atoms with Crippen molar-refractivity contribution < 1.29 is 18.5 Å². The molecule has 0 saturated carbocycles. The highest BCUT2D eigenvalue weighted by Crippen LogP contribution is 2.23. The van der Waals surface area contributed by atoms with Gasteiger partial charge in [0.2, 0.25) is 0 Å². The first-order valence-corrected chi connectivity index (χ1v) is 6.58. The van der Waals surface area contributed by atoms with Crippen LogP contribution in [0, 0.1) is 0 Å². The molecule has 0 atom stereocenters. The van der Waals surface area contributed by atoms with Crippen LogP contribution in [-0.4, -0.2) is 32.6 Å². The summed E-state index contributed by atoms with van der Waals surface area (Å²) >= 11 is 0. The van der Waals surface area contributed by atoms with Gasteiger partial charge in [-0.2, -0.15) is 5.10 Å². The topological polar surface area (TPSA) is 108 Å². The van der Waals surface area contributed by atoms with E-state index in [1.807, 2.05) is 0 Å². The standard InChI is InChI=1S/C13H13N5O4/c19-13(15-3-1-4-18-9-14-8-16-18)21-12-6-11(22-17-12)10-2-5-20-7-10/h2,5-9H,1,3-4H2,(H,15,19). The first-order valence-electron chi connectivity index (χ1n) is 6.58. The number of aromatic nitrogens is 4. The van der Waals surface area contributed by atoms with Gasteiger partial charge in [0.15, 0.2) is 5.76 Å². The number of hydrogen-bond donors (Lipinski definition) is 1. The fraction of sp³-hybridized carbons (Fsp3) is 0.231. The first kappa shape index (κ1) is 13.9. The lowest BCUT2D eigenvalue weighted by Gasteiger charge is -2.03. The maximum Gasteiger partial charge on any atom is 0.414 e. The van der Waals surface area contributed by atoms with Crippen molar-refractivity contribution in [2.24, 2.45) is 0 Å². The van der Waals surface area contributed by atoms with Gasteiger partial charge in [0.25, 0.3) is 5.88 Å². The van der Waals surface area contributed by atoms with Gasteiger partial charge in [-0.05, 0) is 17.6 Å². The van der Waals surface area contributed by atoms with Crippen molar-refractivity contribution in [2.45, 2.75) is 13.0 Å². The van der Waals surface area contributed by atoms with E-state index in [0.717, 1.165) is 5.56 Å². The molecule has 3 aromatic rings. The van der Waals surface area contributed by atoms with Crippen molar-refractivity contribution >= 4 is 6.09 Å². The second-order valence-corrected chi connectivity index (χ2v) is 4.37. The Morgan fingerprint density at radius 1 is 1.45 bits per heavy atom. The van der Waals surface area contributed by atoms with Crippen LogP contribution in [0.5, 0.6) is 5.88 Å². The van der Waals surface area contributed by atoms with Crippen molar-refractivity contribution in [1.82, 2.24) is 25.2 Å². The number of carbonyl (C=O) groups excluding carboxylic acids is 1. The SMILES string of the molecule is O=C(NCCCn1cncn1)Oc1cc(-c2ccoc2)on1. The minimum absolute atomic E-state index is 0.0879. The quantitative estimate of drug-likeness (QED) is 0.690. The lowest BCUT2D eigenvalue weighted by Crippen LogP contribution is -2.28. The third kappa shape index (κ3) is 3.51. The lowest BCUT2D eigenvalue weighted by atomic mass is 10.3. The predicted octanol–water partition coefficient (Wildman–Crippen LogP) is 1.70. The summed E-state index contributed by atoms with van der Waals surface area (Å²) < 4.78 is 16.7. The van der Waals surface area contributed by atoms with Crippen LogP contribution >= 0.6 is 0 Å². The van der Waals surface area contributed by atoms with Gasteiger partial charge in [0.1, 0.15) is 18.9 Å². The maximum absolute atomic E-state index is 11.6. The van der Waals surface area contributed by atoms with E-state index in [9.17, 15) is 4.79 Å². The average Bonchev–Trinajstić information content (AvgIpc) is 3.24. The lowest BCUT2D eigenvalue weighted by molar-refractivity contribution is 0.195. The van der Waals surface area contributed by atoms with Gasteiger partial charge in [-0.3, -0.25) is 4.68 Å². The van der Waals surface area contributed by atoms with Gasteiger partial charge in [0.05, 0.1) is 17.9 Å². The zero-order chi connectivity index (χ0) is 15.2. The number of nitrogens with zero attached hydrogens (tertiary/aromatic N) is 4. The Labute approximate surface area is 124 Å². The van der Waals surface area contributed by atoms with E-state index in [2.05, 4.69) is 20.6 Å². The fourth-order valence-electron chi connectivity index (χ4n) is 1.76. The summed E-state index contributed by atoms with van der Waals surface area (Å²) in [6, 6.07) is 3.23. The number of nitrogens with one attached hydrogen (secondary N) is 1. The summed E-state index contributed by atoms with van der Waals surface area (Å²) in [5.74, 6) is 0.549. The van der Waals surface area contributed by atoms with Gasteiger partial charge in [0, 0.05) is 13.1 Å². The Morgan fingerprint density at radius 3 is 3.18 bits per heavy atom. The largest absolute Gasteiger partial charge is 0.472 e. The molecule has 3 heterocycles. The van der Waals surface area contributed by atoms with E-state index in [1.54, 1.807) is 17.1 Å². The molecule has 0 unspecified atom stereocenters. The van der Waals surface area contributed by atoms with Crippen LogP contribution in [0.4, 0.5) is 4.79 Å². The average molecular weight is 303 g/mol. The molecule has 0 bridgehead atoms. The highest BCUT2D eigenvalue weighted by Gasteiger charge is 2.11. The van der Waals surface area contributed by atoms with Crippen molar-refractivity contribution in [3.63, 3.8) is 0 Å². The Kier molecular flexibility index (Phi) is 4.14. The molecule has 1 N–H and O–H groups in total. The molecule has 0 aromatic carbocycles. The second kappa shape index (κ2) is 6.57. The molecule has 0 aliphatic rings. The number of aryl methyl sites for hydroxylation is 1. The molecule has 1 amide bonds. The Balaban J connectivity index is 1.42. The van der Waals surface area contributed by atoms with Crippen molar-refractivity contribution in [1.29, 1.82) is 0 Å². The summed E-state index contributed by atoms with van der Waals surface area (Å²) in [5.41, 5.74) is 0.718. The molecule has 9 heteroatoms. The Hall–Kier alpha value is -3.10. The minimum Gasteiger partial charge on any atom is -0.472 e. The van der Waals surface area contributed by atoms with Crippen LogP contribution in [0.1, 0.15) is 6.42 Å². The summed E-state index contributed by atoms with van der Waals surface area (Å²) in [5, 5.41) is 10.2. The van der Waals surface area contributed by atoms with Gasteiger partial charge >= 0.3 is 6.09 Å². The van der Waals surface area contributed by atoms with Gasteiger partial charge < -0.3 is 19.0 Å². The van der Waals surface area contributed by atoms with Crippen LogP contribution in [0.15, 0.2) is 46.3 Å². The van der Waals surface area contributed by atoms with E-state index in [-0.39, 0.29) is 5.88 Å². The van der Waals surface area contributed by atoms with Crippen LogP contribution < -0.4 is 10.1 Å². The second-order valence-electron chi connectivity index (χ2n) is 4.37. The number of hydrogen-bond acceptors (Lipinski definition) is 7. The van der Waals surface area contributed by atoms with Gasteiger partial charge in [-0.25, -0.2) is 9.78 Å². The molecule has 9 nitrogen and oxygen atoms in total. The summed E-state index contributed by atoms with van der Waals surface area (Å²) in [6.45, 7) is 1.11. The zero-order valence-corrected chi connectivity index (χ0v) is 11.5. The molecule has 0 aliphatic heterocycles. The van der Waals surface area contributed by atoms with Crippen LogP contribution in [0.3, 0.4) is 0 Å². The predicted molar refractivity (Wildman–Crippen MR) is 72.9 cm³/mol. The molecule has 0 radical (unpaired) electrons. The Bertz CT molecular complexity index is 705. The molecule has 114 valence electrons. The molecule has 22 heavy (non-hydrogen) atoms. The molecule has 0 saturated heterocycles. The zero-order valence-electron chi connectivity index (χ0n) is 11.5. The monoisotopic (exact) mass is 303 g/mol. The van der Waals surface area contributed by atoms with Crippen molar-refractivity contribution in [3.05, 3.63) is 37.3 Å². The molecular formula is C13H13N5O4. The molecule has 3 rings (SSSR count). The smallest absolute Gasteiger partial charge is 0.414 e. The van der Waals surface area contributed by atoms with Crippen molar-refractivity contribution in [2.75, 3.05) is 6.54 Å². The molecule has 0 fully saturated rings. The molecule has 0 spiro atoms. The number of furan rings is 1. The van der Waals surface area contributed by atoms with E-state index in [0.29, 0.717) is 25.3 Å². The first-order chi connectivity index (χ1) is 10.8. The van der Waals surface area contributed by atoms with Crippen molar-refractivity contribution in [3.8, 4) is 17.2 Å². The minimum atomic E-state index is -0.592. The third-order valence-electron chi connectivity index (χ3n) is 2.79. The van der Waals surface area contributed by atoms with E-state index < -0.39 is 6.09 Å². The van der Waals surface area contributed by atoms with E-state index in [1.165, 1.54) is 24.9 Å². The van der Waals surface area contributed by atoms with Gasteiger partial charge in [-0.15, -0.1) is 0 Å². The fourth-order valence-corrected chi connectivity index (χ4v) is 1.76.